The zero-order chi connectivity index (χ0) is 14.3. The zero-order valence-electron chi connectivity index (χ0n) is 10.6. The van der Waals surface area contributed by atoms with E-state index in [2.05, 4.69) is 10.0 Å². The summed E-state index contributed by atoms with van der Waals surface area (Å²) in [5.41, 5.74) is 0.897. The lowest BCUT2D eigenvalue weighted by molar-refractivity contribution is -0.120. The van der Waals surface area contributed by atoms with Gasteiger partial charge in [0.05, 0.1) is 12.3 Å². The topological polar surface area (TPSA) is 75.3 Å². The maximum atomic E-state index is 11.5. The molecule has 0 atom stereocenters. The van der Waals surface area contributed by atoms with Crippen molar-refractivity contribution in [3.8, 4) is 0 Å². The van der Waals surface area contributed by atoms with E-state index in [9.17, 15) is 13.2 Å². The van der Waals surface area contributed by atoms with Gasteiger partial charge in [-0.25, -0.2) is 13.1 Å². The molecule has 0 aliphatic heterocycles. The van der Waals surface area contributed by atoms with Gasteiger partial charge in [0, 0.05) is 11.6 Å². The van der Waals surface area contributed by atoms with Crippen LogP contribution < -0.4 is 10.0 Å². The number of sulfonamides is 1. The fraction of sp³-hybridized carbons (Fsp3) is 0.417. The monoisotopic (exact) mass is 304 g/mol. The van der Waals surface area contributed by atoms with E-state index >= 15 is 0 Å². The van der Waals surface area contributed by atoms with E-state index in [1.807, 2.05) is 0 Å². The molecule has 0 saturated heterocycles. The Morgan fingerprint density at radius 2 is 1.89 bits per heavy atom. The molecule has 1 amide bonds. The van der Waals surface area contributed by atoms with E-state index in [4.69, 9.17) is 11.6 Å². The summed E-state index contributed by atoms with van der Waals surface area (Å²) >= 11 is 5.74. The van der Waals surface area contributed by atoms with Crippen LogP contribution in [0.4, 0.5) is 0 Å². The average molecular weight is 305 g/mol. The molecule has 7 heteroatoms. The highest BCUT2D eigenvalue weighted by atomic mass is 35.5. The van der Waals surface area contributed by atoms with Crippen LogP contribution in [-0.2, 0) is 21.4 Å². The van der Waals surface area contributed by atoms with Crippen LogP contribution in [0.3, 0.4) is 0 Å². The lowest BCUT2D eigenvalue weighted by Crippen LogP contribution is -2.37. The third-order valence-corrected chi connectivity index (χ3v) is 4.11. The van der Waals surface area contributed by atoms with Crippen molar-refractivity contribution in [2.75, 3.05) is 12.3 Å². The van der Waals surface area contributed by atoms with Crippen LogP contribution in [0.5, 0.6) is 0 Å². The molecule has 0 heterocycles. The highest BCUT2D eigenvalue weighted by molar-refractivity contribution is 7.89. The fourth-order valence-electron chi connectivity index (χ4n) is 1.38. The van der Waals surface area contributed by atoms with Gasteiger partial charge in [0.25, 0.3) is 0 Å². The second-order valence-electron chi connectivity index (χ2n) is 4.04. The van der Waals surface area contributed by atoms with Crippen LogP contribution in [0, 0.1) is 0 Å². The first-order chi connectivity index (χ1) is 8.93. The third-order valence-electron chi connectivity index (χ3n) is 2.33. The van der Waals surface area contributed by atoms with Gasteiger partial charge in [-0.2, -0.15) is 0 Å². The summed E-state index contributed by atoms with van der Waals surface area (Å²) in [4.78, 5) is 11.5. The summed E-state index contributed by atoms with van der Waals surface area (Å²) < 4.78 is 24.9. The molecule has 0 unspecified atom stereocenters. The van der Waals surface area contributed by atoms with E-state index in [1.54, 1.807) is 31.2 Å². The Hall–Kier alpha value is -1.11. The number of carbonyl (C=O) groups excluding carboxylic acids is 1. The molecule has 1 aromatic rings. The first-order valence-electron chi connectivity index (χ1n) is 5.91. The number of halogens is 1. The van der Waals surface area contributed by atoms with Gasteiger partial charge in [-0.3, -0.25) is 4.79 Å². The predicted octanol–water partition coefficient (Wildman–Crippen LogP) is 1.29. The quantitative estimate of drug-likeness (QED) is 0.797. The number of nitrogens with one attached hydrogen (secondary N) is 2. The summed E-state index contributed by atoms with van der Waals surface area (Å²) in [5, 5.41) is 3.25. The number of rotatable bonds is 7. The van der Waals surface area contributed by atoms with Gasteiger partial charge in [-0.1, -0.05) is 30.7 Å². The van der Waals surface area contributed by atoms with Gasteiger partial charge in [0.2, 0.25) is 15.9 Å². The van der Waals surface area contributed by atoms with Crippen molar-refractivity contribution in [1.82, 2.24) is 10.0 Å². The van der Waals surface area contributed by atoms with Crippen molar-refractivity contribution in [1.29, 1.82) is 0 Å². The van der Waals surface area contributed by atoms with E-state index < -0.39 is 10.0 Å². The molecule has 0 radical (unpaired) electrons. The van der Waals surface area contributed by atoms with Crippen molar-refractivity contribution in [3.63, 3.8) is 0 Å². The van der Waals surface area contributed by atoms with Crippen LogP contribution in [-0.4, -0.2) is 26.6 Å². The van der Waals surface area contributed by atoms with Crippen molar-refractivity contribution in [3.05, 3.63) is 34.9 Å². The SMILES string of the molecule is CCCS(=O)(=O)NCC(=O)NCc1ccc(Cl)cc1. The normalized spacial score (nSPS) is 11.3. The van der Waals surface area contributed by atoms with Crippen LogP contribution >= 0.6 is 11.6 Å². The van der Waals surface area contributed by atoms with Crippen molar-refractivity contribution >= 4 is 27.5 Å². The fourth-order valence-corrected chi connectivity index (χ4v) is 2.54. The summed E-state index contributed by atoms with van der Waals surface area (Å²) in [6.07, 6.45) is 0.516. The second-order valence-corrected chi connectivity index (χ2v) is 6.41. The molecule has 0 aromatic heterocycles. The Balaban J connectivity index is 2.34. The summed E-state index contributed by atoms with van der Waals surface area (Å²) in [5.74, 6) is -0.341. The van der Waals surface area contributed by atoms with Crippen LogP contribution in [0.15, 0.2) is 24.3 Å². The largest absolute Gasteiger partial charge is 0.351 e. The van der Waals surface area contributed by atoms with Crippen LogP contribution in [0.25, 0.3) is 0 Å². The Labute approximate surface area is 118 Å². The van der Waals surface area contributed by atoms with Crippen molar-refractivity contribution in [2.24, 2.45) is 0 Å². The molecule has 2 N–H and O–H groups in total. The molecular weight excluding hydrogens is 288 g/mol. The number of hydrogen-bond donors (Lipinski definition) is 2. The molecule has 0 spiro atoms. The molecule has 0 saturated carbocycles. The molecule has 0 aliphatic carbocycles. The summed E-state index contributed by atoms with van der Waals surface area (Å²) in [7, 11) is -3.34. The lowest BCUT2D eigenvalue weighted by Gasteiger charge is -2.07. The van der Waals surface area contributed by atoms with Gasteiger partial charge in [-0.15, -0.1) is 0 Å². The van der Waals surface area contributed by atoms with Gasteiger partial charge >= 0.3 is 0 Å². The van der Waals surface area contributed by atoms with Crippen molar-refractivity contribution < 1.29 is 13.2 Å². The second kappa shape index (κ2) is 7.47. The highest BCUT2D eigenvalue weighted by Gasteiger charge is 2.10. The molecule has 19 heavy (non-hydrogen) atoms. The molecule has 0 fully saturated rings. The Bertz CT molecular complexity index is 514. The minimum Gasteiger partial charge on any atom is -0.351 e. The Morgan fingerprint density at radius 3 is 2.47 bits per heavy atom. The first kappa shape index (κ1) is 15.9. The molecular formula is C12H17ClN2O3S. The number of amides is 1. The lowest BCUT2D eigenvalue weighted by atomic mass is 10.2. The van der Waals surface area contributed by atoms with E-state index in [1.165, 1.54) is 0 Å². The maximum Gasteiger partial charge on any atom is 0.235 e. The minimum absolute atomic E-state index is 0.0253. The van der Waals surface area contributed by atoms with E-state index in [-0.39, 0.29) is 18.2 Å². The smallest absolute Gasteiger partial charge is 0.235 e. The average Bonchev–Trinajstić information content (AvgIpc) is 2.36. The van der Waals surface area contributed by atoms with Gasteiger partial charge in [0.15, 0.2) is 0 Å². The predicted molar refractivity (Wildman–Crippen MR) is 75.4 cm³/mol. The van der Waals surface area contributed by atoms with E-state index in [0.29, 0.717) is 18.0 Å². The molecule has 1 rings (SSSR count). The maximum absolute atomic E-state index is 11.5. The van der Waals surface area contributed by atoms with Crippen LogP contribution in [0.2, 0.25) is 5.02 Å². The van der Waals surface area contributed by atoms with Gasteiger partial charge in [-0.05, 0) is 24.1 Å². The zero-order valence-corrected chi connectivity index (χ0v) is 12.2. The first-order valence-corrected chi connectivity index (χ1v) is 7.94. The van der Waals surface area contributed by atoms with Gasteiger partial charge < -0.3 is 5.32 Å². The highest BCUT2D eigenvalue weighted by Crippen LogP contribution is 2.08. The van der Waals surface area contributed by atoms with E-state index in [0.717, 1.165) is 5.56 Å². The Kier molecular flexibility index (Phi) is 6.27. The molecule has 0 aliphatic rings. The Morgan fingerprint density at radius 1 is 1.26 bits per heavy atom. The minimum atomic E-state index is -3.34. The van der Waals surface area contributed by atoms with Crippen LogP contribution in [0.1, 0.15) is 18.9 Å². The number of benzene rings is 1. The molecule has 106 valence electrons. The number of hydrogen-bond acceptors (Lipinski definition) is 3. The number of carbonyl (C=O) groups is 1. The summed E-state index contributed by atoms with van der Waals surface area (Å²) in [6.45, 7) is 1.86. The van der Waals surface area contributed by atoms with Gasteiger partial charge in [0.1, 0.15) is 0 Å². The summed E-state index contributed by atoms with van der Waals surface area (Å²) in [6, 6.07) is 7.05. The molecule has 0 bridgehead atoms. The molecule has 5 nitrogen and oxygen atoms in total. The standard InChI is InChI=1S/C12H17ClN2O3S/c1-2-7-19(17,18)15-9-12(16)14-8-10-3-5-11(13)6-4-10/h3-6,15H,2,7-9H2,1H3,(H,14,16). The molecule has 1 aromatic carbocycles. The van der Waals surface area contributed by atoms with Crippen molar-refractivity contribution in [2.45, 2.75) is 19.9 Å². The third kappa shape index (κ3) is 6.56.